The van der Waals surface area contributed by atoms with Gasteiger partial charge in [0.05, 0.1) is 5.69 Å². The normalized spacial score (nSPS) is 14.2. The Labute approximate surface area is 128 Å². The van der Waals surface area contributed by atoms with E-state index in [9.17, 15) is 4.91 Å². The summed E-state index contributed by atoms with van der Waals surface area (Å²) in [5.74, 6) is 0. The largest absolute Gasteiger partial charge is 0.371 e. The molecule has 3 rings (SSSR count). The standard InChI is InChI=1S/C16H16ClN3O/c17-12-3-5-13(6-4-12)18-16-11-14(7-8-15(16)19-21)20-9-1-2-10-20/h3-8,11,18H,1-2,9-10H2. The molecule has 1 N–H and O–H groups in total. The maximum atomic E-state index is 11.0. The van der Waals surface area contributed by atoms with Crippen LogP contribution < -0.4 is 10.2 Å². The lowest BCUT2D eigenvalue weighted by Crippen LogP contribution is -2.17. The molecule has 1 aliphatic rings. The molecular formula is C16H16ClN3O. The van der Waals surface area contributed by atoms with E-state index in [0.29, 0.717) is 10.7 Å². The van der Waals surface area contributed by atoms with Crippen molar-refractivity contribution in [3.63, 3.8) is 0 Å². The molecule has 4 nitrogen and oxygen atoms in total. The van der Waals surface area contributed by atoms with Crippen LogP contribution in [-0.4, -0.2) is 13.1 Å². The molecular weight excluding hydrogens is 286 g/mol. The van der Waals surface area contributed by atoms with Crippen LogP contribution in [0.25, 0.3) is 0 Å². The van der Waals surface area contributed by atoms with Gasteiger partial charge in [0, 0.05) is 29.5 Å². The van der Waals surface area contributed by atoms with Gasteiger partial charge in [-0.1, -0.05) is 11.6 Å². The summed E-state index contributed by atoms with van der Waals surface area (Å²) >= 11 is 5.88. The third-order valence-electron chi connectivity index (χ3n) is 3.67. The zero-order valence-electron chi connectivity index (χ0n) is 11.6. The topological polar surface area (TPSA) is 44.7 Å². The monoisotopic (exact) mass is 301 g/mol. The van der Waals surface area contributed by atoms with E-state index in [1.165, 1.54) is 12.8 Å². The summed E-state index contributed by atoms with van der Waals surface area (Å²) in [6.45, 7) is 2.13. The van der Waals surface area contributed by atoms with E-state index in [1.807, 2.05) is 36.4 Å². The Bertz CT molecular complexity index is 636. The lowest BCUT2D eigenvalue weighted by atomic mass is 10.2. The zero-order chi connectivity index (χ0) is 14.7. The SMILES string of the molecule is O=Nc1ccc(N2CCCC2)cc1Nc1ccc(Cl)cc1. The van der Waals surface area contributed by atoms with Crippen molar-refractivity contribution in [2.45, 2.75) is 12.8 Å². The van der Waals surface area contributed by atoms with Crippen molar-refractivity contribution in [1.29, 1.82) is 0 Å². The Morgan fingerprint density at radius 2 is 1.76 bits per heavy atom. The van der Waals surface area contributed by atoms with E-state index in [-0.39, 0.29) is 0 Å². The van der Waals surface area contributed by atoms with E-state index >= 15 is 0 Å². The molecule has 108 valence electrons. The van der Waals surface area contributed by atoms with Gasteiger partial charge in [-0.3, -0.25) is 0 Å². The summed E-state index contributed by atoms with van der Waals surface area (Å²) in [5, 5.41) is 7.01. The van der Waals surface area contributed by atoms with Gasteiger partial charge in [-0.15, -0.1) is 4.91 Å². The van der Waals surface area contributed by atoms with Gasteiger partial charge in [0.1, 0.15) is 5.69 Å². The minimum atomic E-state index is 0.410. The predicted molar refractivity (Wildman–Crippen MR) is 88.1 cm³/mol. The molecule has 1 heterocycles. The maximum absolute atomic E-state index is 11.0. The summed E-state index contributed by atoms with van der Waals surface area (Å²) in [5.41, 5.74) is 3.13. The second-order valence-corrected chi connectivity index (χ2v) is 5.56. The molecule has 1 fully saturated rings. The number of halogens is 1. The van der Waals surface area contributed by atoms with Crippen LogP contribution in [0, 0.1) is 4.91 Å². The van der Waals surface area contributed by atoms with Gasteiger partial charge < -0.3 is 10.2 Å². The van der Waals surface area contributed by atoms with Crippen LogP contribution >= 0.6 is 11.6 Å². The van der Waals surface area contributed by atoms with E-state index in [0.717, 1.165) is 30.2 Å². The van der Waals surface area contributed by atoms with Crippen LogP contribution in [-0.2, 0) is 0 Å². The quantitative estimate of drug-likeness (QED) is 0.801. The fraction of sp³-hybridized carbons (Fsp3) is 0.250. The molecule has 1 aliphatic heterocycles. The number of benzene rings is 2. The maximum Gasteiger partial charge on any atom is 0.131 e. The average Bonchev–Trinajstić information content (AvgIpc) is 3.04. The molecule has 0 aliphatic carbocycles. The molecule has 0 radical (unpaired) electrons. The van der Waals surface area contributed by atoms with Crippen LogP contribution in [0.15, 0.2) is 47.6 Å². The number of nitroso groups, excluding NO2 is 1. The second kappa shape index (κ2) is 6.14. The van der Waals surface area contributed by atoms with Crippen LogP contribution in [0.2, 0.25) is 5.02 Å². The molecule has 0 bridgehead atoms. The van der Waals surface area contributed by atoms with Crippen LogP contribution in [0.5, 0.6) is 0 Å². The molecule has 2 aromatic carbocycles. The summed E-state index contributed by atoms with van der Waals surface area (Å²) in [6.07, 6.45) is 2.43. The van der Waals surface area contributed by atoms with E-state index < -0.39 is 0 Å². The van der Waals surface area contributed by atoms with Gasteiger partial charge in [-0.05, 0) is 60.5 Å². The highest BCUT2D eigenvalue weighted by Crippen LogP contribution is 2.33. The Hall–Kier alpha value is -2.07. The molecule has 0 unspecified atom stereocenters. The predicted octanol–water partition coefficient (Wildman–Crippen LogP) is 5.08. The van der Waals surface area contributed by atoms with Crippen molar-refractivity contribution in [3.05, 3.63) is 52.4 Å². The van der Waals surface area contributed by atoms with Crippen LogP contribution in [0.1, 0.15) is 12.8 Å². The highest BCUT2D eigenvalue weighted by atomic mass is 35.5. The minimum Gasteiger partial charge on any atom is -0.371 e. The molecule has 2 aromatic rings. The first-order chi connectivity index (χ1) is 10.3. The summed E-state index contributed by atoms with van der Waals surface area (Å²) in [6, 6.07) is 13.1. The van der Waals surface area contributed by atoms with Crippen molar-refractivity contribution in [1.82, 2.24) is 0 Å². The molecule has 0 atom stereocenters. The Morgan fingerprint density at radius 1 is 1.05 bits per heavy atom. The molecule has 1 saturated heterocycles. The number of nitrogens with one attached hydrogen (secondary N) is 1. The molecule has 0 spiro atoms. The van der Waals surface area contributed by atoms with Crippen molar-refractivity contribution < 1.29 is 0 Å². The van der Waals surface area contributed by atoms with Gasteiger partial charge in [0.25, 0.3) is 0 Å². The Balaban J connectivity index is 1.89. The van der Waals surface area contributed by atoms with Gasteiger partial charge in [0.15, 0.2) is 0 Å². The smallest absolute Gasteiger partial charge is 0.131 e. The van der Waals surface area contributed by atoms with Crippen molar-refractivity contribution in [3.8, 4) is 0 Å². The fourth-order valence-electron chi connectivity index (χ4n) is 2.56. The van der Waals surface area contributed by atoms with Crippen molar-refractivity contribution >= 4 is 34.4 Å². The third kappa shape index (κ3) is 3.16. The van der Waals surface area contributed by atoms with Crippen LogP contribution in [0.4, 0.5) is 22.7 Å². The van der Waals surface area contributed by atoms with Crippen molar-refractivity contribution in [2.75, 3.05) is 23.3 Å². The first-order valence-electron chi connectivity index (χ1n) is 7.01. The van der Waals surface area contributed by atoms with Gasteiger partial charge >= 0.3 is 0 Å². The highest BCUT2D eigenvalue weighted by molar-refractivity contribution is 6.30. The second-order valence-electron chi connectivity index (χ2n) is 5.12. The number of hydrogen-bond acceptors (Lipinski definition) is 4. The summed E-state index contributed by atoms with van der Waals surface area (Å²) < 4.78 is 0. The number of anilines is 3. The number of rotatable bonds is 4. The first-order valence-corrected chi connectivity index (χ1v) is 7.39. The molecule has 0 aromatic heterocycles. The van der Waals surface area contributed by atoms with Gasteiger partial charge in [-0.25, -0.2) is 0 Å². The van der Waals surface area contributed by atoms with Crippen LogP contribution in [0.3, 0.4) is 0 Å². The molecule has 21 heavy (non-hydrogen) atoms. The molecule has 5 heteroatoms. The minimum absolute atomic E-state index is 0.410. The summed E-state index contributed by atoms with van der Waals surface area (Å²) in [7, 11) is 0. The Kier molecular flexibility index (Phi) is 4.06. The average molecular weight is 302 g/mol. The van der Waals surface area contributed by atoms with Gasteiger partial charge in [0.2, 0.25) is 0 Å². The Morgan fingerprint density at radius 3 is 2.43 bits per heavy atom. The number of nitrogens with zero attached hydrogens (tertiary/aromatic N) is 2. The van der Waals surface area contributed by atoms with Gasteiger partial charge in [-0.2, -0.15) is 0 Å². The third-order valence-corrected chi connectivity index (χ3v) is 3.92. The van der Waals surface area contributed by atoms with Crippen molar-refractivity contribution in [2.24, 2.45) is 5.18 Å². The fourth-order valence-corrected chi connectivity index (χ4v) is 2.69. The zero-order valence-corrected chi connectivity index (χ0v) is 12.3. The summed E-state index contributed by atoms with van der Waals surface area (Å²) in [4.78, 5) is 13.3. The molecule has 0 saturated carbocycles. The molecule has 0 amide bonds. The number of hydrogen-bond donors (Lipinski definition) is 1. The lowest BCUT2D eigenvalue weighted by molar-refractivity contribution is 0.949. The van der Waals surface area contributed by atoms with E-state index in [4.69, 9.17) is 11.6 Å². The lowest BCUT2D eigenvalue weighted by Gasteiger charge is -2.19. The van der Waals surface area contributed by atoms with E-state index in [2.05, 4.69) is 15.4 Å². The highest BCUT2D eigenvalue weighted by Gasteiger charge is 2.14. The van der Waals surface area contributed by atoms with E-state index in [1.54, 1.807) is 6.07 Å². The first kappa shape index (κ1) is 13.9.